The van der Waals surface area contributed by atoms with E-state index in [0.29, 0.717) is 0 Å². The fourth-order valence-corrected chi connectivity index (χ4v) is 3.76. The fraction of sp³-hybridized carbons (Fsp3) is 0.600. The largest absolute Gasteiger partial charge is 0.497 e. The lowest BCUT2D eigenvalue weighted by atomic mass is 10.2. The van der Waals surface area contributed by atoms with Crippen LogP contribution in [0.4, 0.5) is 4.79 Å². The van der Waals surface area contributed by atoms with Crippen LogP contribution in [0.3, 0.4) is 0 Å². The first-order valence-electron chi connectivity index (χ1n) is 9.80. The molecule has 1 heterocycles. The molecule has 1 aromatic carbocycles. The van der Waals surface area contributed by atoms with Crippen molar-refractivity contribution in [3.8, 4) is 5.75 Å². The quantitative estimate of drug-likeness (QED) is 0.791. The summed E-state index contributed by atoms with van der Waals surface area (Å²) in [6.07, 6.45) is 4.33. The lowest BCUT2D eigenvalue weighted by Crippen LogP contribution is -2.51. The Bertz CT molecular complexity index is 621. The maximum Gasteiger partial charge on any atom is 0.321 e. The van der Waals surface area contributed by atoms with Crippen molar-refractivity contribution in [3.63, 3.8) is 0 Å². The number of methoxy groups -OCH3 is 1. The number of carbonyl (C=O) groups is 2. The van der Waals surface area contributed by atoms with Crippen molar-refractivity contribution < 1.29 is 14.3 Å². The Kier molecular flexibility index (Phi) is 7.06. The van der Waals surface area contributed by atoms with E-state index in [2.05, 4.69) is 32.6 Å². The van der Waals surface area contributed by atoms with E-state index in [1.54, 1.807) is 7.11 Å². The second-order valence-electron chi connectivity index (χ2n) is 7.40. The molecule has 148 valence electrons. The number of urea groups is 1. The van der Waals surface area contributed by atoms with Crippen molar-refractivity contribution in [1.29, 1.82) is 0 Å². The van der Waals surface area contributed by atoms with Crippen LogP contribution in [0.2, 0.25) is 0 Å². The summed E-state index contributed by atoms with van der Waals surface area (Å²) in [6.45, 7) is 4.64. The number of benzene rings is 1. The highest BCUT2D eigenvalue weighted by Crippen LogP contribution is 2.17. The second kappa shape index (κ2) is 9.71. The molecule has 7 nitrogen and oxygen atoms in total. The molecule has 1 saturated carbocycles. The zero-order valence-corrected chi connectivity index (χ0v) is 16.1. The van der Waals surface area contributed by atoms with E-state index in [9.17, 15) is 9.59 Å². The third-order valence-electron chi connectivity index (χ3n) is 5.34. The van der Waals surface area contributed by atoms with E-state index >= 15 is 0 Å². The SMILES string of the molecule is COc1ccc(CN2CCN(CC(=O)NC(=O)NC3CCCC3)CC2)cc1. The third-order valence-corrected chi connectivity index (χ3v) is 5.34. The standard InChI is InChI=1S/C20H30N4O3/c1-27-18-8-6-16(7-9-18)14-23-10-12-24(13-11-23)15-19(25)22-20(26)21-17-4-2-3-5-17/h6-9,17H,2-5,10-15H2,1H3,(H2,21,22,25,26). The van der Waals surface area contributed by atoms with Crippen molar-refractivity contribution in [2.45, 2.75) is 38.3 Å². The Morgan fingerprint density at radius 1 is 1.04 bits per heavy atom. The molecule has 2 N–H and O–H groups in total. The molecule has 2 aliphatic rings. The monoisotopic (exact) mass is 374 g/mol. The van der Waals surface area contributed by atoms with E-state index in [0.717, 1.165) is 64.2 Å². The molecule has 27 heavy (non-hydrogen) atoms. The summed E-state index contributed by atoms with van der Waals surface area (Å²) in [5.74, 6) is 0.639. The minimum absolute atomic E-state index is 0.222. The van der Waals surface area contributed by atoms with Crippen molar-refractivity contribution in [3.05, 3.63) is 29.8 Å². The molecule has 0 spiro atoms. The van der Waals surface area contributed by atoms with Gasteiger partial charge in [-0.25, -0.2) is 4.79 Å². The third kappa shape index (κ3) is 6.22. The van der Waals surface area contributed by atoms with Crippen molar-refractivity contribution in [2.75, 3.05) is 39.8 Å². The van der Waals surface area contributed by atoms with Crippen LogP contribution in [0.5, 0.6) is 5.75 Å². The molecule has 0 atom stereocenters. The van der Waals surface area contributed by atoms with Crippen LogP contribution < -0.4 is 15.4 Å². The van der Waals surface area contributed by atoms with Crippen molar-refractivity contribution >= 4 is 11.9 Å². The predicted molar refractivity (Wildman–Crippen MR) is 104 cm³/mol. The van der Waals surface area contributed by atoms with Gasteiger partial charge in [0.1, 0.15) is 5.75 Å². The normalized spacial score (nSPS) is 19.0. The molecule has 0 unspecified atom stereocenters. The van der Waals surface area contributed by atoms with E-state index in [1.807, 2.05) is 12.1 Å². The number of imide groups is 1. The Labute approximate surface area is 161 Å². The van der Waals surface area contributed by atoms with Crippen LogP contribution in [-0.2, 0) is 11.3 Å². The maximum absolute atomic E-state index is 12.1. The van der Waals surface area contributed by atoms with Gasteiger partial charge in [0.05, 0.1) is 13.7 Å². The first-order chi connectivity index (χ1) is 13.1. The minimum atomic E-state index is -0.356. The first-order valence-corrected chi connectivity index (χ1v) is 9.80. The van der Waals surface area contributed by atoms with Gasteiger partial charge in [-0.3, -0.25) is 19.9 Å². The zero-order valence-electron chi connectivity index (χ0n) is 16.1. The Balaban J connectivity index is 1.34. The predicted octanol–water partition coefficient (Wildman–Crippen LogP) is 1.58. The van der Waals surface area contributed by atoms with E-state index in [4.69, 9.17) is 4.74 Å². The number of nitrogens with one attached hydrogen (secondary N) is 2. The molecule has 1 aliphatic carbocycles. The van der Waals surface area contributed by atoms with Gasteiger partial charge in [0, 0.05) is 38.8 Å². The Morgan fingerprint density at radius 3 is 2.30 bits per heavy atom. The number of ether oxygens (including phenoxy) is 1. The summed E-state index contributed by atoms with van der Waals surface area (Å²) in [6, 6.07) is 7.99. The highest BCUT2D eigenvalue weighted by Gasteiger charge is 2.21. The molecule has 1 aromatic rings. The van der Waals surface area contributed by atoms with E-state index in [1.165, 1.54) is 5.56 Å². The summed E-state index contributed by atoms with van der Waals surface area (Å²) < 4.78 is 5.19. The van der Waals surface area contributed by atoms with Gasteiger partial charge in [0.25, 0.3) is 0 Å². The van der Waals surface area contributed by atoms with Gasteiger partial charge < -0.3 is 10.1 Å². The molecule has 2 fully saturated rings. The number of nitrogens with zero attached hydrogens (tertiary/aromatic N) is 2. The molecule has 1 aliphatic heterocycles. The number of carbonyl (C=O) groups excluding carboxylic acids is 2. The van der Waals surface area contributed by atoms with Gasteiger partial charge in [-0.15, -0.1) is 0 Å². The number of hydrogen-bond acceptors (Lipinski definition) is 5. The molecule has 0 bridgehead atoms. The summed E-state index contributed by atoms with van der Waals surface area (Å²) in [4.78, 5) is 28.4. The lowest BCUT2D eigenvalue weighted by Gasteiger charge is -2.34. The molecule has 0 aromatic heterocycles. The Hall–Kier alpha value is -2.12. The van der Waals surface area contributed by atoms with Crippen LogP contribution in [0.25, 0.3) is 0 Å². The Morgan fingerprint density at radius 2 is 1.67 bits per heavy atom. The van der Waals surface area contributed by atoms with Crippen LogP contribution in [0, 0.1) is 0 Å². The van der Waals surface area contributed by atoms with Gasteiger partial charge in [-0.1, -0.05) is 25.0 Å². The maximum atomic E-state index is 12.1. The summed E-state index contributed by atoms with van der Waals surface area (Å²) in [7, 11) is 1.67. The van der Waals surface area contributed by atoms with Gasteiger partial charge >= 0.3 is 6.03 Å². The molecule has 7 heteroatoms. The number of hydrogen-bond donors (Lipinski definition) is 2. The molecule has 1 saturated heterocycles. The lowest BCUT2D eigenvalue weighted by molar-refractivity contribution is -0.121. The highest BCUT2D eigenvalue weighted by molar-refractivity contribution is 5.95. The molecule has 0 radical (unpaired) electrons. The van der Waals surface area contributed by atoms with Crippen LogP contribution >= 0.6 is 0 Å². The van der Waals surface area contributed by atoms with Gasteiger partial charge in [-0.05, 0) is 30.5 Å². The molecular formula is C20H30N4O3. The van der Waals surface area contributed by atoms with E-state index < -0.39 is 0 Å². The van der Waals surface area contributed by atoms with E-state index in [-0.39, 0.29) is 24.5 Å². The fourth-order valence-electron chi connectivity index (χ4n) is 3.76. The van der Waals surface area contributed by atoms with Gasteiger partial charge in [-0.2, -0.15) is 0 Å². The van der Waals surface area contributed by atoms with Crippen molar-refractivity contribution in [1.82, 2.24) is 20.4 Å². The van der Waals surface area contributed by atoms with Crippen molar-refractivity contribution in [2.24, 2.45) is 0 Å². The van der Waals surface area contributed by atoms with Gasteiger partial charge in [0.2, 0.25) is 5.91 Å². The molecule has 3 amide bonds. The van der Waals surface area contributed by atoms with Crippen LogP contribution in [0.15, 0.2) is 24.3 Å². The zero-order chi connectivity index (χ0) is 19.1. The minimum Gasteiger partial charge on any atom is -0.497 e. The topological polar surface area (TPSA) is 73.9 Å². The first kappa shape index (κ1) is 19.6. The smallest absolute Gasteiger partial charge is 0.321 e. The average molecular weight is 374 g/mol. The summed E-state index contributed by atoms with van der Waals surface area (Å²) in [5.41, 5.74) is 1.26. The molecule has 3 rings (SSSR count). The highest BCUT2D eigenvalue weighted by atomic mass is 16.5. The number of rotatable bonds is 6. The van der Waals surface area contributed by atoms with Crippen LogP contribution in [0.1, 0.15) is 31.2 Å². The summed E-state index contributed by atoms with van der Waals surface area (Å²) >= 11 is 0. The number of amides is 3. The average Bonchev–Trinajstić information content (AvgIpc) is 3.16. The molecular weight excluding hydrogens is 344 g/mol. The van der Waals surface area contributed by atoms with Crippen LogP contribution in [-0.4, -0.2) is 67.6 Å². The van der Waals surface area contributed by atoms with Gasteiger partial charge in [0.15, 0.2) is 0 Å². The second-order valence-corrected chi connectivity index (χ2v) is 7.40. The summed E-state index contributed by atoms with van der Waals surface area (Å²) in [5, 5.41) is 5.34. The number of piperazine rings is 1.